The van der Waals surface area contributed by atoms with Crippen molar-refractivity contribution in [2.75, 3.05) is 13.1 Å². The first kappa shape index (κ1) is 27.3. The molecule has 0 fully saturated rings. The Balaban J connectivity index is 1.49. The van der Waals surface area contributed by atoms with E-state index < -0.39 is 18.0 Å². The van der Waals surface area contributed by atoms with E-state index in [2.05, 4.69) is 22.0 Å². The molecule has 0 aliphatic carbocycles. The third-order valence-corrected chi connectivity index (χ3v) is 5.69. The molecule has 2 aromatic carbocycles. The topological polar surface area (TPSA) is 133 Å². The van der Waals surface area contributed by atoms with Crippen molar-refractivity contribution in [3.63, 3.8) is 0 Å². The van der Waals surface area contributed by atoms with E-state index in [0.29, 0.717) is 31.4 Å². The van der Waals surface area contributed by atoms with E-state index in [1.165, 1.54) is 0 Å². The van der Waals surface area contributed by atoms with Crippen LogP contribution in [0.25, 0.3) is 11.0 Å². The molecule has 9 nitrogen and oxygen atoms in total. The molecule has 3 aromatic rings. The van der Waals surface area contributed by atoms with E-state index >= 15 is 0 Å². The minimum absolute atomic E-state index is 0.123. The molecule has 37 heavy (non-hydrogen) atoms. The molecule has 0 unspecified atom stereocenters. The highest BCUT2D eigenvalue weighted by Crippen LogP contribution is 2.19. The maximum atomic E-state index is 12.8. The number of ether oxygens (including phenoxy) is 1. The van der Waals surface area contributed by atoms with Gasteiger partial charge < -0.3 is 25.1 Å². The van der Waals surface area contributed by atoms with E-state index in [9.17, 15) is 14.4 Å². The molecular weight excluding hydrogens is 472 g/mol. The molecule has 0 spiro atoms. The van der Waals surface area contributed by atoms with Crippen LogP contribution in [-0.4, -0.2) is 37.0 Å². The zero-order chi connectivity index (χ0) is 26.3. The summed E-state index contributed by atoms with van der Waals surface area (Å²) >= 11 is 0. The maximum absolute atomic E-state index is 12.8. The van der Waals surface area contributed by atoms with Crippen LogP contribution >= 0.6 is 0 Å². The Hall–Kier alpha value is -4.32. The van der Waals surface area contributed by atoms with Crippen LogP contribution in [0.1, 0.15) is 54.6 Å². The number of amides is 3. The van der Waals surface area contributed by atoms with Crippen LogP contribution < -0.4 is 16.0 Å². The van der Waals surface area contributed by atoms with Crippen molar-refractivity contribution in [2.24, 2.45) is 0 Å². The van der Waals surface area contributed by atoms with E-state index in [1.54, 1.807) is 12.1 Å². The number of fused-ring (bicyclic) bond motifs is 1. The molecule has 1 heterocycles. The molecule has 3 N–H and O–H groups in total. The number of carbonyl (C=O) groups is 3. The number of alkyl carbamates (subject to hydrolysis) is 1. The number of nitrogens with one attached hydrogen (secondary N) is 3. The number of carbonyl (C=O) groups excluding carboxylic acids is 3. The number of para-hydroxylation sites is 1. The van der Waals surface area contributed by atoms with Crippen molar-refractivity contribution < 1.29 is 23.5 Å². The fraction of sp³-hybridized carbons (Fsp3) is 0.357. The molecule has 3 rings (SSSR count). The first-order valence-corrected chi connectivity index (χ1v) is 12.5. The molecule has 0 bridgehead atoms. The highest BCUT2D eigenvalue weighted by molar-refractivity contribution is 5.98. The van der Waals surface area contributed by atoms with Gasteiger partial charge in [0.25, 0.3) is 5.91 Å². The van der Waals surface area contributed by atoms with Crippen LogP contribution in [0.2, 0.25) is 0 Å². The second kappa shape index (κ2) is 14.9. The number of nitriles is 1. The Morgan fingerprint density at radius 3 is 2.46 bits per heavy atom. The molecular formula is C28H32N4O5. The minimum atomic E-state index is -0.804. The summed E-state index contributed by atoms with van der Waals surface area (Å²) in [6, 6.07) is 19.6. The highest BCUT2D eigenvalue weighted by atomic mass is 16.5. The van der Waals surface area contributed by atoms with Crippen LogP contribution in [-0.2, 0) is 16.1 Å². The van der Waals surface area contributed by atoms with Crippen molar-refractivity contribution >= 4 is 28.9 Å². The molecule has 0 radical (unpaired) electrons. The van der Waals surface area contributed by atoms with Crippen molar-refractivity contribution in [1.29, 1.82) is 5.26 Å². The molecule has 0 saturated heterocycles. The smallest absolute Gasteiger partial charge is 0.407 e. The van der Waals surface area contributed by atoms with E-state index in [-0.39, 0.29) is 24.8 Å². The minimum Gasteiger partial charge on any atom is -0.451 e. The summed E-state index contributed by atoms with van der Waals surface area (Å²) in [5.41, 5.74) is 1.47. The lowest BCUT2D eigenvalue weighted by Gasteiger charge is -2.18. The van der Waals surface area contributed by atoms with Gasteiger partial charge in [-0.05, 0) is 43.4 Å². The average Bonchev–Trinajstić information content (AvgIpc) is 3.36. The SMILES string of the molecule is N#CCCCCCNC(=O)[C@H](CCCNC(=O)OCc1ccccc1)NC(=O)c1cc2ccccc2o1. The van der Waals surface area contributed by atoms with Crippen molar-refractivity contribution in [2.45, 2.75) is 51.2 Å². The Kier molecular flexibility index (Phi) is 11.0. The number of rotatable bonds is 14. The van der Waals surface area contributed by atoms with Gasteiger partial charge in [-0.1, -0.05) is 55.0 Å². The fourth-order valence-corrected chi connectivity index (χ4v) is 3.70. The number of benzene rings is 2. The lowest BCUT2D eigenvalue weighted by atomic mass is 10.1. The van der Waals surface area contributed by atoms with Gasteiger partial charge in [-0.3, -0.25) is 9.59 Å². The van der Waals surface area contributed by atoms with Gasteiger partial charge >= 0.3 is 6.09 Å². The van der Waals surface area contributed by atoms with Crippen LogP contribution in [0.4, 0.5) is 4.79 Å². The van der Waals surface area contributed by atoms with E-state index in [0.717, 1.165) is 30.2 Å². The van der Waals surface area contributed by atoms with Gasteiger partial charge in [0.2, 0.25) is 5.91 Å². The molecule has 0 aliphatic rings. The Bertz CT molecular complexity index is 1170. The van der Waals surface area contributed by atoms with Gasteiger partial charge in [0.1, 0.15) is 18.2 Å². The first-order chi connectivity index (χ1) is 18.1. The van der Waals surface area contributed by atoms with Gasteiger partial charge in [-0.2, -0.15) is 5.26 Å². The molecule has 0 saturated carbocycles. The molecule has 0 aliphatic heterocycles. The Morgan fingerprint density at radius 1 is 0.919 bits per heavy atom. The predicted octanol–water partition coefficient (Wildman–Crippen LogP) is 4.44. The van der Waals surface area contributed by atoms with Gasteiger partial charge in [-0.15, -0.1) is 0 Å². The quantitative estimate of drug-likeness (QED) is 0.278. The second-order valence-corrected chi connectivity index (χ2v) is 8.57. The number of hydrogen-bond acceptors (Lipinski definition) is 6. The number of unbranched alkanes of at least 4 members (excludes halogenated alkanes) is 3. The lowest BCUT2D eigenvalue weighted by Crippen LogP contribution is -2.47. The fourth-order valence-electron chi connectivity index (χ4n) is 3.70. The van der Waals surface area contributed by atoms with E-state index in [4.69, 9.17) is 14.4 Å². The largest absolute Gasteiger partial charge is 0.451 e. The molecule has 194 valence electrons. The summed E-state index contributed by atoms with van der Waals surface area (Å²) in [6.45, 7) is 0.900. The van der Waals surface area contributed by atoms with Crippen LogP contribution in [0, 0.1) is 11.3 Å². The summed E-state index contributed by atoms with van der Waals surface area (Å²) in [6.07, 6.45) is 3.06. The van der Waals surface area contributed by atoms with Crippen LogP contribution in [0.3, 0.4) is 0 Å². The lowest BCUT2D eigenvalue weighted by molar-refractivity contribution is -0.123. The van der Waals surface area contributed by atoms with Gasteiger partial charge in [-0.25, -0.2) is 4.79 Å². The molecule has 1 aromatic heterocycles. The van der Waals surface area contributed by atoms with Gasteiger partial charge in [0.15, 0.2) is 5.76 Å². The Labute approximate surface area is 216 Å². The molecule has 9 heteroatoms. The monoisotopic (exact) mass is 504 g/mol. The zero-order valence-electron chi connectivity index (χ0n) is 20.7. The first-order valence-electron chi connectivity index (χ1n) is 12.5. The third kappa shape index (κ3) is 9.33. The number of nitrogens with zero attached hydrogens (tertiary/aromatic N) is 1. The predicted molar refractivity (Wildman–Crippen MR) is 138 cm³/mol. The second-order valence-electron chi connectivity index (χ2n) is 8.57. The third-order valence-electron chi connectivity index (χ3n) is 5.69. The van der Waals surface area contributed by atoms with Gasteiger partial charge in [0.05, 0.1) is 6.07 Å². The maximum Gasteiger partial charge on any atom is 0.407 e. The van der Waals surface area contributed by atoms with Crippen LogP contribution in [0.5, 0.6) is 0 Å². The summed E-state index contributed by atoms with van der Waals surface area (Å²) in [5, 5.41) is 17.7. The summed E-state index contributed by atoms with van der Waals surface area (Å²) in [4.78, 5) is 37.6. The van der Waals surface area contributed by atoms with Crippen molar-refractivity contribution in [3.8, 4) is 6.07 Å². The summed E-state index contributed by atoms with van der Waals surface area (Å²) in [5.74, 6) is -0.671. The average molecular weight is 505 g/mol. The summed E-state index contributed by atoms with van der Waals surface area (Å²) < 4.78 is 10.8. The highest BCUT2D eigenvalue weighted by Gasteiger charge is 2.23. The number of hydrogen-bond donors (Lipinski definition) is 3. The number of furan rings is 1. The normalized spacial score (nSPS) is 11.3. The molecule has 1 atom stereocenters. The van der Waals surface area contributed by atoms with Crippen molar-refractivity contribution in [1.82, 2.24) is 16.0 Å². The zero-order valence-corrected chi connectivity index (χ0v) is 20.7. The Morgan fingerprint density at radius 2 is 1.68 bits per heavy atom. The van der Waals surface area contributed by atoms with Crippen LogP contribution in [0.15, 0.2) is 65.1 Å². The van der Waals surface area contributed by atoms with E-state index in [1.807, 2.05) is 48.5 Å². The summed E-state index contributed by atoms with van der Waals surface area (Å²) in [7, 11) is 0. The van der Waals surface area contributed by atoms with Crippen molar-refractivity contribution in [3.05, 3.63) is 72.0 Å². The standard InChI is InChI=1S/C28H32N4O5/c29-16-8-1-2-9-17-30-26(33)23(32-27(34)25-19-22-13-6-7-15-24(22)37-25)14-10-18-31-28(35)36-20-21-11-4-3-5-12-21/h3-7,11-13,15,19,23H,1-2,8-10,14,17-18,20H2,(H,30,33)(H,31,35)(H,32,34)/t23-/m0/s1. The van der Waals surface area contributed by atoms with Gasteiger partial charge in [0, 0.05) is 24.9 Å². The molecule has 3 amide bonds.